The highest BCUT2D eigenvalue weighted by atomic mass is 16.5. The number of piperidine rings is 1. The maximum Gasteiger partial charge on any atom is 0.246 e. The average Bonchev–Trinajstić information content (AvgIpc) is 2.77. The van der Waals surface area contributed by atoms with Crippen LogP contribution in [0.5, 0.6) is 23.1 Å². The quantitative estimate of drug-likeness (QED) is 0.662. The number of rotatable bonds is 7. The Balaban J connectivity index is 1.59. The predicted molar refractivity (Wildman–Crippen MR) is 107 cm³/mol. The zero-order valence-electron chi connectivity index (χ0n) is 16.8. The third-order valence-corrected chi connectivity index (χ3v) is 4.69. The molecule has 29 heavy (non-hydrogen) atoms. The van der Waals surface area contributed by atoms with Crippen molar-refractivity contribution in [2.45, 2.75) is 18.9 Å². The number of likely N-dealkylation sites (tertiary alicyclic amines) is 1. The van der Waals surface area contributed by atoms with E-state index in [1.165, 1.54) is 0 Å². The van der Waals surface area contributed by atoms with Gasteiger partial charge in [0.25, 0.3) is 0 Å². The van der Waals surface area contributed by atoms with Crippen molar-refractivity contribution >= 4 is 12.0 Å². The van der Waals surface area contributed by atoms with Gasteiger partial charge < -0.3 is 23.8 Å². The lowest BCUT2D eigenvalue weighted by molar-refractivity contribution is -0.127. The summed E-state index contributed by atoms with van der Waals surface area (Å²) in [6, 6.07) is 7.16. The van der Waals surface area contributed by atoms with Crippen LogP contribution in [0.3, 0.4) is 0 Å². The molecule has 0 unspecified atom stereocenters. The molecule has 2 heterocycles. The van der Waals surface area contributed by atoms with Crippen LogP contribution >= 0.6 is 0 Å². The van der Waals surface area contributed by atoms with E-state index in [1.54, 1.807) is 63.9 Å². The van der Waals surface area contributed by atoms with Crippen LogP contribution in [0, 0.1) is 0 Å². The number of benzene rings is 1. The lowest BCUT2D eigenvalue weighted by atomic mass is 10.1. The van der Waals surface area contributed by atoms with E-state index in [4.69, 9.17) is 18.9 Å². The summed E-state index contributed by atoms with van der Waals surface area (Å²) in [7, 11) is 4.67. The Labute approximate surface area is 170 Å². The fourth-order valence-corrected chi connectivity index (χ4v) is 3.19. The van der Waals surface area contributed by atoms with E-state index < -0.39 is 0 Å². The lowest BCUT2D eigenvalue weighted by Crippen LogP contribution is -2.41. The van der Waals surface area contributed by atoms with Crippen molar-refractivity contribution in [2.24, 2.45) is 0 Å². The maximum atomic E-state index is 12.6. The van der Waals surface area contributed by atoms with Gasteiger partial charge in [-0.1, -0.05) is 0 Å². The molecule has 0 atom stereocenters. The molecular weight excluding hydrogens is 374 g/mol. The summed E-state index contributed by atoms with van der Waals surface area (Å²) >= 11 is 0. The number of carbonyl (C=O) groups excluding carboxylic acids is 1. The Bertz CT molecular complexity index is 824. The molecule has 0 spiro atoms. The van der Waals surface area contributed by atoms with Crippen molar-refractivity contribution in [3.05, 3.63) is 42.1 Å². The highest BCUT2D eigenvalue weighted by Crippen LogP contribution is 2.38. The summed E-state index contributed by atoms with van der Waals surface area (Å²) in [4.78, 5) is 14.4. The van der Waals surface area contributed by atoms with Crippen LogP contribution in [0.25, 0.3) is 6.08 Å². The third kappa shape index (κ3) is 5.16. The molecular formula is C21H25N3O5. The molecule has 3 rings (SSSR count). The number of hydrogen-bond donors (Lipinski definition) is 0. The molecule has 1 aliphatic heterocycles. The van der Waals surface area contributed by atoms with Gasteiger partial charge in [0, 0.05) is 44.3 Å². The average molecular weight is 399 g/mol. The van der Waals surface area contributed by atoms with E-state index in [1.807, 2.05) is 4.90 Å². The van der Waals surface area contributed by atoms with Crippen LogP contribution in [0.2, 0.25) is 0 Å². The molecule has 0 saturated carbocycles. The number of nitrogens with zero attached hydrogens (tertiary/aromatic N) is 3. The van der Waals surface area contributed by atoms with Gasteiger partial charge in [0.05, 0.1) is 21.3 Å². The minimum Gasteiger partial charge on any atom is -0.493 e. The Kier molecular flexibility index (Phi) is 6.89. The van der Waals surface area contributed by atoms with E-state index in [-0.39, 0.29) is 12.0 Å². The molecule has 8 nitrogen and oxygen atoms in total. The zero-order chi connectivity index (χ0) is 20.6. The second-order valence-corrected chi connectivity index (χ2v) is 6.50. The van der Waals surface area contributed by atoms with Crippen molar-refractivity contribution in [1.82, 2.24) is 15.1 Å². The third-order valence-electron chi connectivity index (χ3n) is 4.69. The van der Waals surface area contributed by atoms with Crippen molar-refractivity contribution in [2.75, 3.05) is 34.4 Å². The van der Waals surface area contributed by atoms with Crippen molar-refractivity contribution in [3.8, 4) is 23.1 Å². The van der Waals surface area contributed by atoms with Crippen LogP contribution < -0.4 is 18.9 Å². The van der Waals surface area contributed by atoms with Crippen LogP contribution in [-0.4, -0.2) is 61.5 Å². The summed E-state index contributed by atoms with van der Waals surface area (Å²) in [5.74, 6) is 2.07. The molecule has 0 radical (unpaired) electrons. The van der Waals surface area contributed by atoms with Crippen LogP contribution in [0.4, 0.5) is 0 Å². The van der Waals surface area contributed by atoms with Crippen molar-refractivity contribution in [3.63, 3.8) is 0 Å². The topological polar surface area (TPSA) is 83.0 Å². The van der Waals surface area contributed by atoms with Crippen LogP contribution in [0.15, 0.2) is 36.5 Å². The highest BCUT2D eigenvalue weighted by molar-refractivity contribution is 5.92. The molecule has 1 aliphatic rings. The van der Waals surface area contributed by atoms with E-state index >= 15 is 0 Å². The normalized spacial score (nSPS) is 14.7. The SMILES string of the molecule is COc1cc(/C=C/C(=O)N2CCC(Oc3cccnn3)CC2)cc(OC)c1OC. The number of carbonyl (C=O) groups is 1. The van der Waals surface area contributed by atoms with Crippen LogP contribution in [0.1, 0.15) is 18.4 Å². The minimum atomic E-state index is -0.0447. The second kappa shape index (κ2) is 9.77. The molecule has 0 aliphatic carbocycles. The summed E-state index contributed by atoms with van der Waals surface area (Å²) in [5.41, 5.74) is 0.786. The number of ether oxygens (including phenoxy) is 4. The Morgan fingerprint density at radius 1 is 1.10 bits per heavy atom. The highest BCUT2D eigenvalue weighted by Gasteiger charge is 2.23. The second-order valence-electron chi connectivity index (χ2n) is 6.50. The fraction of sp³-hybridized carbons (Fsp3) is 0.381. The standard InChI is InChI=1S/C21H25N3O5/c1-26-17-13-15(14-18(27-2)21(17)28-3)6-7-20(25)24-11-8-16(9-12-24)29-19-5-4-10-22-23-19/h4-7,10,13-14,16H,8-9,11-12H2,1-3H3/b7-6+. The Hall–Kier alpha value is -3.29. The summed E-state index contributed by atoms with van der Waals surface area (Å²) in [6.45, 7) is 1.26. The summed E-state index contributed by atoms with van der Waals surface area (Å²) in [6.07, 6.45) is 6.45. The number of hydrogen-bond acceptors (Lipinski definition) is 7. The van der Waals surface area contributed by atoms with E-state index in [0.29, 0.717) is 36.2 Å². The first-order valence-electron chi connectivity index (χ1n) is 9.36. The maximum absolute atomic E-state index is 12.6. The lowest BCUT2D eigenvalue weighted by Gasteiger charge is -2.31. The van der Waals surface area contributed by atoms with Gasteiger partial charge in [0.1, 0.15) is 6.10 Å². The number of aromatic nitrogens is 2. The van der Waals surface area contributed by atoms with Gasteiger partial charge in [-0.15, -0.1) is 5.10 Å². The fourth-order valence-electron chi connectivity index (χ4n) is 3.19. The Morgan fingerprint density at radius 2 is 1.79 bits per heavy atom. The zero-order valence-corrected chi connectivity index (χ0v) is 16.8. The summed E-state index contributed by atoms with van der Waals surface area (Å²) < 4.78 is 21.8. The van der Waals surface area contributed by atoms with Gasteiger partial charge in [-0.05, 0) is 29.8 Å². The smallest absolute Gasteiger partial charge is 0.246 e. The molecule has 8 heteroatoms. The van der Waals surface area contributed by atoms with Gasteiger partial charge in [0.15, 0.2) is 11.5 Å². The molecule has 1 saturated heterocycles. The van der Waals surface area contributed by atoms with Gasteiger partial charge in [-0.25, -0.2) is 0 Å². The first-order chi connectivity index (χ1) is 14.1. The molecule has 2 aromatic rings. The van der Waals surface area contributed by atoms with Crippen molar-refractivity contribution in [1.29, 1.82) is 0 Å². The van der Waals surface area contributed by atoms with Gasteiger partial charge in [-0.2, -0.15) is 5.10 Å². The molecule has 1 aromatic heterocycles. The molecule has 154 valence electrons. The molecule has 1 fully saturated rings. The summed E-state index contributed by atoms with van der Waals surface area (Å²) in [5, 5.41) is 7.74. The van der Waals surface area contributed by atoms with Crippen LogP contribution in [-0.2, 0) is 4.79 Å². The van der Waals surface area contributed by atoms with E-state index in [0.717, 1.165) is 18.4 Å². The first-order valence-corrected chi connectivity index (χ1v) is 9.36. The number of methoxy groups -OCH3 is 3. The minimum absolute atomic E-state index is 0.0369. The van der Waals surface area contributed by atoms with Gasteiger partial charge >= 0.3 is 0 Å². The first kappa shape index (κ1) is 20.4. The predicted octanol–water partition coefficient (Wildman–Crippen LogP) is 2.59. The molecule has 1 amide bonds. The van der Waals surface area contributed by atoms with Crippen molar-refractivity contribution < 1.29 is 23.7 Å². The van der Waals surface area contributed by atoms with E-state index in [9.17, 15) is 4.79 Å². The Morgan fingerprint density at radius 3 is 2.34 bits per heavy atom. The molecule has 1 aromatic carbocycles. The monoisotopic (exact) mass is 399 g/mol. The largest absolute Gasteiger partial charge is 0.493 e. The van der Waals surface area contributed by atoms with E-state index in [2.05, 4.69) is 10.2 Å². The molecule has 0 bridgehead atoms. The number of amides is 1. The van der Waals surface area contributed by atoms with Gasteiger partial charge in [0.2, 0.25) is 17.5 Å². The van der Waals surface area contributed by atoms with Gasteiger partial charge in [-0.3, -0.25) is 4.79 Å². The molecule has 0 N–H and O–H groups in total.